The summed E-state index contributed by atoms with van der Waals surface area (Å²) < 4.78 is 5.88. The Morgan fingerprint density at radius 3 is 2.52 bits per heavy atom. The number of hydrogen-bond acceptors (Lipinski definition) is 4. The number of ether oxygens (including phenoxy) is 1. The van der Waals surface area contributed by atoms with Crippen molar-refractivity contribution < 1.29 is 9.53 Å². The molecule has 0 aromatic heterocycles. The molecule has 4 nitrogen and oxygen atoms in total. The van der Waals surface area contributed by atoms with Crippen LogP contribution in [0.3, 0.4) is 0 Å². The number of nitrogens with one attached hydrogen (secondary N) is 1. The Bertz CT molecular complexity index is 1020. The molecule has 0 amide bonds. The number of esters is 1. The van der Waals surface area contributed by atoms with Crippen LogP contribution in [-0.4, -0.2) is 25.2 Å². The number of carbonyl (C=O) groups excluding carboxylic acids is 1. The van der Waals surface area contributed by atoms with Crippen molar-refractivity contribution in [1.82, 2.24) is 5.32 Å². The number of hydrogen-bond donors (Lipinski definition) is 1. The number of nitriles is 1. The second kappa shape index (κ2) is 8.72. The summed E-state index contributed by atoms with van der Waals surface area (Å²) in [5.74, 6) is -0.105. The van der Waals surface area contributed by atoms with Crippen molar-refractivity contribution in [3.63, 3.8) is 0 Å². The van der Waals surface area contributed by atoms with E-state index in [4.69, 9.17) is 10.00 Å². The first-order valence-electron chi connectivity index (χ1n) is 9.82. The lowest BCUT2D eigenvalue weighted by Gasteiger charge is -2.32. The molecule has 0 radical (unpaired) electrons. The largest absolute Gasteiger partial charge is 0.457 e. The van der Waals surface area contributed by atoms with Crippen LogP contribution in [0.2, 0.25) is 0 Å². The summed E-state index contributed by atoms with van der Waals surface area (Å²) in [6.07, 6.45) is 0.751. The highest BCUT2D eigenvalue weighted by Gasteiger charge is 2.29. The Hall–Kier alpha value is -3.42. The van der Waals surface area contributed by atoms with Gasteiger partial charge in [-0.1, -0.05) is 54.6 Å². The molecule has 0 spiro atoms. The van der Waals surface area contributed by atoms with Gasteiger partial charge < -0.3 is 10.1 Å². The van der Waals surface area contributed by atoms with Crippen molar-refractivity contribution in [3.05, 3.63) is 95.6 Å². The van der Waals surface area contributed by atoms with Crippen molar-refractivity contribution in [3.8, 4) is 17.2 Å². The number of rotatable bonds is 4. The van der Waals surface area contributed by atoms with Crippen molar-refractivity contribution in [2.75, 3.05) is 13.1 Å². The molecule has 2 atom stereocenters. The fraction of sp³-hybridized carbons (Fsp3) is 0.200. The normalized spacial score (nSPS) is 18.6. The average Bonchev–Trinajstić information content (AvgIpc) is 2.80. The van der Waals surface area contributed by atoms with E-state index in [-0.39, 0.29) is 18.0 Å². The fourth-order valence-corrected chi connectivity index (χ4v) is 3.81. The van der Waals surface area contributed by atoms with E-state index in [2.05, 4.69) is 23.5 Å². The van der Waals surface area contributed by atoms with E-state index in [1.54, 1.807) is 18.2 Å². The number of piperidine rings is 1. The molecule has 0 bridgehead atoms. The molecule has 3 aromatic rings. The maximum atomic E-state index is 12.7. The first-order valence-corrected chi connectivity index (χ1v) is 9.82. The van der Waals surface area contributed by atoms with Crippen molar-refractivity contribution in [1.29, 1.82) is 5.26 Å². The van der Waals surface area contributed by atoms with E-state index in [1.807, 2.05) is 48.5 Å². The monoisotopic (exact) mass is 382 g/mol. The van der Waals surface area contributed by atoms with Gasteiger partial charge in [0.1, 0.15) is 6.10 Å². The minimum Gasteiger partial charge on any atom is -0.457 e. The van der Waals surface area contributed by atoms with Gasteiger partial charge in [0.05, 0.1) is 17.2 Å². The highest BCUT2D eigenvalue weighted by atomic mass is 16.5. The summed E-state index contributed by atoms with van der Waals surface area (Å²) in [5.41, 5.74) is 4.26. The van der Waals surface area contributed by atoms with Crippen molar-refractivity contribution in [2.24, 2.45) is 0 Å². The smallest absolute Gasteiger partial charge is 0.338 e. The zero-order chi connectivity index (χ0) is 20.1. The van der Waals surface area contributed by atoms with Crippen LogP contribution in [0.15, 0.2) is 78.9 Å². The molecule has 1 aliphatic heterocycles. The molecular weight excluding hydrogens is 360 g/mol. The van der Waals surface area contributed by atoms with Crippen LogP contribution >= 0.6 is 0 Å². The highest BCUT2D eigenvalue weighted by molar-refractivity contribution is 5.90. The predicted octanol–water partition coefficient (Wildman–Crippen LogP) is 4.53. The second-order valence-electron chi connectivity index (χ2n) is 7.22. The molecule has 4 heteroatoms. The van der Waals surface area contributed by atoms with Crippen LogP contribution in [0.4, 0.5) is 0 Å². The second-order valence-corrected chi connectivity index (χ2v) is 7.22. The molecule has 4 rings (SSSR count). The number of nitrogens with zero attached hydrogens (tertiary/aromatic N) is 1. The van der Waals surface area contributed by atoms with Crippen molar-refractivity contribution in [2.45, 2.75) is 18.4 Å². The SMILES string of the molecule is N#Cc1cccc(-c2ccc(C(=O)O[C@@H]3CNCC[C@H]3c3ccccc3)cc2)c1. The van der Waals surface area contributed by atoms with E-state index in [0.717, 1.165) is 24.1 Å². The van der Waals surface area contributed by atoms with Crippen LogP contribution in [0.25, 0.3) is 11.1 Å². The van der Waals surface area contributed by atoms with Gasteiger partial charge in [0.2, 0.25) is 0 Å². The van der Waals surface area contributed by atoms with Crippen LogP contribution in [0.1, 0.15) is 33.8 Å². The number of carbonyl (C=O) groups is 1. The molecule has 0 aliphatic carbocycles. The molecule has 0 unspecified atom stereocenters. The van der Waals surface area contributed by atoms with Gasteiger partial charge in [0, 0.05) is 12.5 Å². The molecule has 144 valence electrons. The van der Waals surface area contributed by atoms with Crippen molar-refractivity contribution >= 4 is 5.97 Å². The van der Waals surface area contributed by atoms with Crippen LogP contribution < -0.4 is 5.32 Å². The van der Waals surface area contributed by atoms with E-state index in [9.17, 15) is 4.79 Å². The fourth-order valence-electron chi connectivity index (χ4n) is 3.81. The first-order chi connectivity index (χ1) is 14.2. The minimum atomic E-state index is -0.308. The predicted molar refractivity (Wildman–Crippen MR) is 112 cm³/mol. The Morgan fingerprint density at radius 2 is 1.76 bits per heavy atom. The van der Waals surface area contributed by atoms with Crippen LogP contribution in [0, 0.1) is 11.3 Å². The standard InChI is InChI=1S/C25H22N2O2/c26-16-18-5-4-8-22(15-18)19-9-11-21(12-10-19)25(28)29-24-17-27-14-13-23(24)20-6-2-1-3-7-20/h1-12,15,23-24,27H,13-14,17H2/t23-,24+/m0/s1. The Labute approximate surface area is 170 Å². The summed E-state index contributed by atoms with van der Waals surface area (Å²) in [6, 6.07) is 27.2. The summed E-state index contributed by atoms with van der Waals surface area (Å²) >= 11 is 0. The quantitative estimate of drug-likeness (QED) is 0.674. The van der Waals surface area contributed by atoms with Gasteiger partial charge in [-0.2, -0.15) is 5.26 Å². The van der Waals surface area contributed by atoms with E-state index < -0.39 is 0 Å². The molecule has 29 heavy (non-hydrogen) atoms. The summed E-state index contributed by atoms with van der Waals surface area (Å²) in [6.45, 7) is 1.58. The highest BCUT2D eigenvalue weighted by Crippen LogP contribution is 2.28. The molecular formula is C25H22N2O2. The topological polar surface area (TPSA) is 62.1 Å². The lowest BCUT2D eigenvalue weighted by Crippen LogP contribution is -2.42. The Kier molecular flexibility index (Phi) is 5.69. The lowest BCUT2D eigenvalue weighted by molar-refractivity contribution is 0.0182. The molecule has 1 fully saturated rings. The van der Waals surface area contributed by atoms with Gasteiger partial charge in [0.25, 0.3) is 0 Å². The first kappa shape index (κ1) is 18.9. The Morgan fingerprint density at radius 1 is 0.966 bits per heavy atom. The zero-order valence-corrected chi connectivity index (χ0v) is 16.0. The van der Waals surface area contributed by atoms with E-state index in [0.29, 0.717) is 17.7 Å². The summed E-state index contributed by atoms with van der Waals surface area (Å²) in [4.78, 5) is 12.7. The molecule has 1 aliphatic rings. The Balaban J connectivity index is 1.48. The third-order valence-electron chi connectivity index (χ3n) is 5.36. The van der Waals surface area contributed by atoms with Gasteiger partial charge in [0.15, 0.2) is 0 Å². The lowest BCUT2D eigenvalue weighted by atomic mass is 9.88. The van der Waals surface area contributed by atoms with Gasteiger partial charge in [-0.3, -0.25) is 0 Å². The summed E-state index contributed by atoms with van der Waals surface area (Å²) in [5, 5.41) is 12.4. The summed E-state index contributed by atoms with van der Waals surface area (Å²) in [7, 11) is 0. The third-order valence-corrected chi connectivity index (χ3v) is 5.36. The third kappa shape index (κ3) is 4.37. The van der Waals surface area contributed by atoms with Gasteiger partial charge >= 0.3 is 5.97 Å². The van der Waals surface area contributed by atoms with E-state index in [1.165, 1.54) is 5.56 Å². The van der Waals surface area contributed by atoms with Gasteiger partial charge in [-0.05, 0) is 53.9 Å². The van der Waals surface area contributed by atoms with Gasteiger partial charge in [-0.25, -0.2) is 4.79 Å². The minimum absolute atomic E-state index is 0.189. The maximum Gasteiger partial charge on any atom is 0.338 e. The molecule has 1 saturated heterocycles. The van der Waals surface area contributed by atoms with Gasteiger partial charge in [-0.15, -0.1) is 0 Å². The molecule has 3 aromatic carbocycles. The maximum absolute atomic E-state index is 12.7. The van der Waals surface area contributed by atoms with Crippen LogP contribution in [-0.2, 0) is 4.74 Å². The zero-order valence-electron chi connectivity index (χ0n) is 16.0. The molecule has 1 heterocycles. The average molecular weight is 382 g/mol. The number of benzene rings is 3. The van der Waals surface area contributed by atoms with E-state index >= 15 is 0 Å². The van der Waals surface area contributed by atoms with Crippen LogP contribution in [0.5, 0.6) is 0 Å². The molecule has 1 N–H and O–H groups in total. The molecule has 0 saturated carbocycles.